The fourth-order valence-electron chi connectivity index (χ4n) is 1.57. The van der Waals surface area contributed by atoms with Crippen LogP contribution in [0.15, 0.2) is 12.1 Å². The van der Waals surface area contributed by atoms with Gasteiger partial charge in [0.05, 0.1) is 12.8 Å². The summed E-state index contributed by atoms with van der Waals surface area (Å²) in [4.78, 5) is 27.1. The van der Waals surface area contributed by atoms with Crippen LogP contribution in [0.4, 0.5) is 11.5 Å². The first kappa shape index (κ1) is 16.7. The predicted octanol–water partition coefficient (Wildman–Crippen LogP) is 1.17. The highest BCUT2D eigenvalue weighted by Gasteiger charge is 2.11. The minimum atomic E-state index is -0.535. The lowest BCUT2D eigenvalue weighted by atomic mass is 10.2. The van der Waals surface area contributed by atoms with Gasteiger partial charge in [-0.15, -0.1) is 0 Å². The van der Waals surface area contributed by atoms with Gasteiger partial charge in [-0.1, -0.05) is 6.92 Å². The Morgan fingerprint density at radius 1 is 1.43 bits per heavy atom. The van der Waals surface area contributed by atoms with E-state index in [1.807, 2.05) is 13.8 Å². The topological polar surface area (TPSA) is 106 Å². The summed E-state index contributed by atoms with van der Waals surface area (Å²) in [6, 6.07) is 3.21. The summed E-state index contributed by atoms with van der Waals surface area (Å²) >= 11 is 0. The number of rotatable bonds is 7. The van der Waals surface area contributed by atoms with E-state index < -0.39 is 5.97 Å². The molecule has 1 aromatic rings. The zero-order chi connectivity index (χ0) is 15.8. The van der Waals surface area contributed by atoms with E-state index in [0.717, 1.165) is 6.42 Å². The molecule has 0 bridgehead atoms. The molecule has 21 heavy (non-hydrogen) atoms. The molecule has 0 radical (unpaired) electrons. The van der Waals surface area contributed by atoms with Crippen LogP contribution >= 0.6 is 0 Å². The van der Waals surface area contributed by atoms with Gasteiger partial charge in [0, 0.05) is 19.0 Å². The Bertz CT molecular complexity index is 505. The van der Waals surface area contributed by atoms with Crippen molar-refractivity contribution in [2.24, 2.45) is 0 Å². The largest absolute Gasteiger partial charge is 0.464 e. The van der Waals surface area contributed by atoms with Crippen molar-refractivity contribution < 1.29 is 14.3 Å². The van der Waals surface area contributed by atoms with Crippen LogP contribution in [-0.4, -0.2) is 36.6 Å². The first-order valence-corrected chi connectivity index (χ1v) is 6.86. The van der Waals surface area contributed by atoms with Gasteiger partial charge in [0.2, 0.25) is 5.91 Å². The maximum absolute atomic E-state index is 11.6. The Hall–Kier alpha value is -2.31. The predicted molar refractivity (Wildman–Crippen MR) is 81.0 cm³/mol. The maximum atomic E-state index is 11.6. The average molecular weight is 294 g/mol. The Labute approximate surface area is 124 Å². The number of pyridine rings is 1. The molecule has 1 rings (SSSR count). The Morgan fingerprint density at radius 3 is 2.76 bits per heavy atom. The molecule has 0 aliphatic carbocycles. The molecule has 4 N–H and O–H groups in total. The molecular weight excluding hydrogens is 272 g/mol. The summed E-state index contributed by atoms with van der Waals surface area (Å²) in [6.45, 7) is 4.33. The minimum Gasteiger partial charge on any atom is -0.464 e. The van der Waals surface area contributed by atoms with Crippen molar-refractivity contribution in [3.8, 4) is 0 Å². The first-order chi connectivity index (χ1) is 9.97. The van der Waals surface area contributed by atoms with E-state index in [0.29, 0.717) is 24.5 Å². The number of aromatic nitrogens is 1. The second-order valence-corrected chi connectivity index (χ2v) is 4.68. The summed E-state index contributed by atoms with van der Waals surface area (Å²) in [5.41, 5.74) is 6.34. The van der Waals surface area contributed by atoms with Crippen molar-refractivity contribution in [3.05, 3.63) is 17.8 Å². The van der Waals surface area contributed by atoms with E-state index in [1.54, 1.807) is 6.07 Å². The molecule has 7 heteroatoms. The van der Waals surface area contributed by atoms with Crippen LogP contribution in [-0.2, 0) is 9.53 Å². The summed E-state index contributed by atoms with van der Waals surface area (Å²) in [6.07, 6.45) is 1.18. The van der Waals surface area contributed by atoms with E-state index in [2.05, 4.69) is 20.4 Å². The van der Waals surface area contributed by atoms with Gasteiger partial charge in [-0.25, -0.2) is 9.78 Å². The number of methoxy groups -OCH3 is 1. The van der Waals surface area contributed by atoms with Crippen LogP contribution < -0.4 is 16.4 Å². The van der Waals surface area contributed by atoms with Crippen molar-refractivity contribution in [1.29, 1.82) is 0 Å². The lowest BCUT2D eigenvalue weighted by molar-refractivity contribution is -0.121. The number of carbonyl (C=O) groups excluding carboxylic acids is 2. The van der Waals surface area contributed by atoms with Crippen molar-refractivity contribution in [2.45, 2.75) is 32.7 Å². The fourth-order valence-corrected chi connectivity index (χ4v) is 1.57. The minimum absolute atomic E-state index is 0.0421. The van der Waals surface area contributed by atoms with Crippen molar-refractivity contribution >= 4 is 23.4 Å². The Balaban J connectivity index is 2.55. The number of hydrogen-bond donors (Lipinski definition) is 3. The van der Waals surface area contributed by atoms with E-state index in [-0.39, 0.29) is 17.6 Å². The molecule has 0 aromatic carbocycles. The van der Waals surface area contributed by atoms with Crippen LogP contribution in [0, 0.1) is 0 Å². The van der Waals surface area contributed by atoms with E-state index in [4.69, 9.17) is 5.73 Å². The van der Waals surface area contributed by atoms with Crippen LogP contribution in [0.25, 0.3) is 0 Å². The smallest absolute Gasteiger partial charge is 0.356 e. The van der Waals surface area contributed by atoms with Crippen LogP contribution in [0.5, 0.6) is 0 Å². The van der Waals surface area contributed by atoms with E-state index in [1.165, 1.54) is 13.2 Å². The highest BCUT2D eigenvalue weighted by atomic mass is 16.5. The highest BCUT2D eigenvalue weighted by Crippen LogP contribution is 2.16. The molecule has 0 aliphatic heterocycles. The Kier molecular flexibility index (Phi) is 6.45. The number of nitrogens with one attached hydrogen (secondary N) is 2. The highest BCUT2D eigenvalue weighted by molar-refractivity contribution is 5.88. The number of ether oxygens (including phenoxy) is 1. The molecule has 1 aromatic heterocycles. The number of amides is 1. The van der Waals surface area contributed by atoms with Crippen LogP contribution in [0.2, 0.25) is 0 Å². The number of esters is 1. The second kappa shape index (κ2) is 8.08. The van der Waals surface area contributed by atoms with E-state index >= 15 is 0 Å². The summed E-state index contributed by atoms with van der Waals surface area (Å²) in [5, 5.41) is 5.81. The molecule has 0 spiro atoms. The summed E-state index contributed by atoms with van der Waals surface area (Å²) < 4.78 is 4.60. The first-order valence-electron chi connectivity index (χ1n) is 6.86. The molecule has 1 heterocycles. The van der Waals surface area contributed by atoms with Gasteiger partial charge < -0.3 is 21.1 Å². The van der Waals surface area contributed by atoms with Crippen LogP contribution in [0.1, 0.15) is 37.2 Å². The van der Waals surface area contributed by atoms with Crippen LogP contribution in [0.3, 0.4) is 0 Å². The molecule has 7 nitrogen and oxygen atoms in total. The third-order valence-corrected chi connectivity index (χ3v) is 2.99. The summed E-state index contributed by atoms with van der Waals surface area (Å²) in [7, 11) is 1.28. The van der Waals surface area contributed by atoms with Crippen molar-refractivity contribution in [1.82, 2.24) is 10.3 Å². The van der Waals surface area contributed by atoms with Gasteiger partial charge in [0.15, 0.2) is 5.69 Å². The zero-order valence-corrected chi connectivity index (χ0v) is 12.6. The number of nitrogen functional groups attached to an aromatic ring is 1. The molecule has 1 atom stereocenters. The molecule has 1 unspecified atom stereocenters. The Morgan fingerprint density at radius 2 is 2.14 bits per heavy atom. The molecular formula is C14H22N4O3. The molecule has 0 saturated carbocycles. The molecule has 0 saturated heterocycles. The molecule has 0 aliphatic rings. The zero-order valence-electron chi connectivity index (χ0n) is 12.6. The molecule has 1 amide bonds. The SMILES string of the molecule is CCC(C)NC(=O)CCNc1nc(C(=O)OC)ccc1N. The number of anilines is 2. The van der Waals surface area contributed by atoms with Gasteiger partial charge in [0.1, 0.15) is 5.82 Å². The number of hydrogen-bond acceptors (Lipinski definition) is 6. The van der Waals surface area contributed by atoms with Gasteiger partial charge in [-0.3, -0.25) is 4.79 Å². The third-order valence-electron chi connectivity index (χ3n) is 2.99. The quantitative estimate of drug-likeness (QED) is 0.652. The maximum Gasteiger partial charge on any atom is 0.356 e. The van der Waals surface area contributed by atoms with Gasteiger partial charge in [0.25, 0.3) is 0 Å². The third kappa shape index (κ3) is 5.29. The average Bonchev–Trinajstić information content (AvgIpc) is 2.48. The summed E-state index contributed by atoms with van der Waals surface area (Å²) in [5.74, 6) is -0.207. The van der Waals surface area contributed by atoms with E-state index in [9.17, 15) is 9.59 Å². The lowest BCUT2D eigenvalue weighted by Crippen LogP contribution is -2.33. The number of nitrogens with two attached hydrogens (primary N) is 1. The molecule has 116 valence electrons. The van der Waals surface area contributed by atoms with Gasteiger partial charge >= 0.3 is 5.97 Å². The standard InChI is InChI=1S/C14H22N4O3/c1-4-9(2)17-12(19)7-8-16-13-10(15)5-6-11(18-13)14(20)21-3/h5-6,9H,4,7-8,15H2,1-3H3,(H,16,18)(H,17,19). The lowest BCUT2D eigenvalue weighted by Gasteiger charge is -2.12. The monoisotopic (exact) mass is 294 g/mol. The fraction of sp³-hybridized carbons (Fsp3) is 0.500. The van der Waals surface area contributed by atoms with Gasteiger partial charge in [-0.2, -0.15) is 0 Å². The van der Waals surface area contributed by atoms with Crippen molar-refractivity contribution in [3.63, 3.8) is 0 Å². The molecule has 0 fully saturated rings. The normalized spacial score (nSPS) is 11.6. The van der Waals surface area contributed by atoms with Gasteiger partial charge in [-0.05, 0) is 25.5 Å². The second-order valence-electron chi connectivity index (χ2n) is 4.68. The number of carbonyl (C=O) groups is 2. The number of nitrogens with zero attached hydrogens (tertiary/aromatic N) is 1. The van der Waals surface area contributed by atoms with Crippen molar-refractivity contribution in [2.75, 3.05) is 24.7 Å².